The van der Waals surface area contributed by atoms with Gasteiger partial charge >= 0.3 is 6.09 Å². The van der Waals surface area contributed by atoms with Crippen LogP contribution in [-0.2, 0) is 15.6 Å². The Hall–Kier alpha value is -2.99. The molecule has 0 N–H and O–H groups in total. The molecule has 2 aromatic carbocycles. The minimum absolute atomic E-state index is 0.0350. The van der Waals surface area contributed by atoms with Crippen LogP contribution < -0.4 is 4.74 Å². The zero-order chi connectivity index (χ0) is 22.6. The van der Waals surface area contributed by atoms with Crippen molar-refractivity contribution in [3.8, 4) is 5.75 Å². The van der Waals surface area contributed by atoms with Crippen LogP contribution in [0.5, 0.6) is 5.75 Å². The molecule has 0 radical (unpaired) electrons. The molecule has 1 aliphatic heterocycles. The first-order valence-electron chi connectivity index (χ1n) is 10.8. The van der Waals surface area contributed by atoms with Gasteiger partial charge in [0.05, 0.1) is 12.2 Å². The number of ether oxygens (including phenoxy) is 2. The molecule has 6 heteroatoms. The van der Waals surface area contributed by atoms with Crippen molar-refractivity contribution in [2.45, 2.75) is 53.7 Å². The molecule has 0 spiro atoms. The number of carbonyl (C=O) groups is 1. The van der Waals surface area contributed by atoms with Crippen molar-refractivity contribution in [1.82, 2.24) is 9.88 Å². The fraction of sp³-hybridized carbons (Fsp3) is 0.308. The summed E-state index contributed by atoms with van der Waals surface area (Å²) in [6.07, 6.45) is 2.41. The van der Waals surface area contributed by atoms with Crippen LogP contribution in [0.25, 0.3) is 0 Å². The number of pyridine rings is 1. The molecule has 0 bridgehead atoms. The van der Waals surface area contributed by atoms with Crippen molar-refractivity contribution in [3.63, 3.8) is 0 Å². The van der Waals surface area contributed by atoms with E-state index in [2.05, 4.69) is 48.5 Å². The smallest absolute Gasteiger partial charge is 0.410 e. The van der Waals surface area contributed by atoms with E-state index in [1.807, 2.05) is 45.0 Å². The molecular weight excluding hydrogens is 420 g/mol. The van der Waals surface area contributed by atoms with E-state index in [0.29, 0.717) is 18.9 Å². The van der Waals surface area contributed by atoms with Crippen LogP contribution in [0.3, 0.4) is 0 Å². The number of likely N-dealkylation sites (tertiary alicyclic amines) is 1. The molecule has 1 aliphatic rings. The SMILES string of the molecule is CC(C)(C)OC(=O)N1CCC1COc1ccc([S+](c2ccccc2)c2ccccc2)nc1. The van der Waals surface area contributed by atoms with Gasteiger partial charge in [0.2, 0.25) is 0 Å². The molecule has 1 aromatic heterocycles. The molecular formula is C26H29N2O3S+. The summed E-state index contributed by atoms with van der Waals surface area (Å²) < 4.78 is 11.4. The van der Waals surface area contributed by atoms with Gasteiger partial charge in [0.15, 0.2) is 9.79 Å². The summed E-state index contributed by atoms with van der Waals surface area (Å²) in [6.45, 7) is 6.77. The van der Waals surface area contributed by atoms with Crippen LogP contribution >= 0.6 is 0 Å². The van der Waals surface area contributed by atoms with Crippen molar-refractivity contribution < 1.29 is 14.3 Å². The van der Waals surface area contributed by atoms with Crippen molar-refractivity contribution in [1.29, 1.82) is 0 Å². The van der Waals surface area contributed by atoms with E-state index in [0.717, 1.165) is 11.4 Å². The van der Waals surface area contributed by atoms with Gasteiger partial charge in [0.1, 0.15) is 28.9 Å². The van der Waals surface area contributed by atoms with E-state index in [1.165, 1.54) is 9.79 Å². The molecule has 1 saturated heterocycles. The summed E-state index contributed by atoms with van der Waals surface area (Å²) in [7, 11) is -0.284. The lowest BCUT2D eigenvalue weighted by molar-refractivity contribution is -0.0141. The van der Waals surface area contributed by atoms with E-state index in [1.54, 1.807) is 11.1 Å². The molecule has 166 valence electrons. The van der Waals surface area contributed by atoms with Gasteiger partial charge in [-0.1, -0.05) is 36.4 Å². The zero-order valence-electron chi connectivity index (χ0n) is 18.7. The summed E-state index contributed by atoms with van der Waals surface area (Å²) in [5, 5.41) is 0.994. The molecule has 0 aliphatic carbocycles. The topological polar surface area (TPSA) is 51.7 Å². The second kappa shape index (κ2) is 9.65. The molecule has 1 fully saturated rings. The average Bonchev–Trinajstić information content (AvgIpc) is 2.74. The van der Waals surface area contributed by atoms with E-state index in [9.17, 15) is 4.79 Å². The number of benzene rings is 2. The summed E-state index contributed by atoms with van der Waals surface area (Å²) in [5.41, 5.74) is -0.493. The molecule has 1 amide bonds. The summed E-state index contributed by atoms with van der Waals surface area (Å²) in [4.78, 5) is 21.2. The number of nitrogens with zero attached hydrogens (tertiary/aromatic N) is 2. The molecule has 0 saturated carbocycles. The second-order valence-corrected chi connectivity index (χ2v) is 10.7. The van der Waals surface area contributed by atoms with Gasteiger partial charge in [-0.05, 0) is 57.5 Å². The maximum absolute atomic E-state index is 12.3. The average molecular weight is 450 g/mol. The van der Waals surface area contributed by atoms with Gasteiger partial charge in [-0.2, -0.15) is 0 Å². The first-order valence-corrected chi connectivity index (χ1v) is 12.1. The normalized spacial score (nSPS) is 15.9. The monoisotopic (exact) mass is 449 g/mol. The summed E-state index contributed by atoms with van der Waals surface area (Å²) in [6, 6.07) is 24.9. The van der Waals surface area contributed by atoms with E-state index in [4.69, 9.17) is 14.5 Å². The Morgan fingerprint density at radius 3 is 2.09 bits per heavy atom. The van der Waals surface area contributed by atoms with Crippen LogP contribution in [0.1, 0.15) is 27.2 Å². The molecule has 4 rings (SSSR count). The Morgan fingerprint density at radius 2 is 1.62 bits per heavy atom. The van der Waals surface area contributed by atoms with Crippen LogP contribution in [0.4, 0.5) is 4.79 Å². The van der Waals surface area contributed by atoms with Crippen molar-refractivity contribution in [2.24, 2.45) is 0 Å². The van der Waals surface area contributed by atoms with Gasteiger partial charge in [0.25, 0.3) is 5.03 Å². The van der Waals surface area contributed by atoms with Crippen LogP contribution in [0.2, 0.25) is 0 Å². The van der Waals surface area contributed by atoms with Crippen LogP contribution in [0, 0.1) is 0 Å². The highest BCUT2D eigenvalue weighted by atomic mass is 32.2. The zero-order valence-corrected chi connectivity index (χ0v) is 19.5. The lowest BCUT2D eigenvalue weighted by Gasteiger charge is -2.40. The number of hydrogen-bond donors (Lipinski definition) is 0. The maximum Gasteiger partial charge on any atom is 0.410 e. The van der Waals surface area contributed by atoms with E-state index in [-0.39, 0.29) is 23.0 Å². The molecule has 5 nitrogen and oxygen atoms in total. The predicted octanol–water partition coefficient (Wildman–Crippen LogP) is 5.57. The lowest BCUT2D eigenvalue weighted by atomic mass is 10.1. The van der Waals surface area contributed by atoms with E-state index >= 15 is 0 Å². The fourth-order valence-electron chi connectivity index (χ4n) is 3.43. The first kappa shape index (κ1) is 22.2. The Labute approximate surface area is 192 Å². The number of aromatic nitrogens is 1. The van der Waals surface area contributed by atoms with Gasteiger partial charge in [0, 0.05) is 12.6 Å². The summed E-state index contributed by atoms with van der Waals surface area (Å²) in [5.74, 6) is 0.703. The third kappa shape index (κ3) is 5.43. The highest BCUT2D eigenvalue weighted by molar-refractivity contribution is 7.97. The Bertz CT molecular complexity index is 981. The Morgan fingerprint density at radius 1 is 1.00 bits per heavy atom. The largest absolute Gasteiger partial charge is 0.490 e. The van der Waals surface area contributed by atoms with Crippen LogP contribution in [0.15, 0.2) is 93.8 Å². The molecule has 3 aromatic rings. The minimum Gasteiger partial charge on any atom is -0.490 e. The van der Waals surface area contributed by atoms with Crippen molar-refractivity contribution in [2.75, 3.05) is 13.2 Å². The number of rotatable bonds is 6. The Kier molecular flexibility index (Phi) is 6.70. The van der Waals surface area contributed by atoms with Crippen molar-refractivity contribution >= 4 is 17.0 Å². The second-order valence-electron chi connectivity index (χ2n) is 8.69. The first-order chi connectivity index (χ1) is 15.4. The molecule has 1 atom stereocenters. The van der Waals surface area contributed by atoms with Gasteiger partial charge in [-0.15, -0.1) is 0 Å². The number of amides is 1. The number of hydrogen-bond acceptors (Lipinski definition) is 4. The molecule has 32 heavy (non-hydrogen) atoms. The van der Waals surface area contributed by atoms with Crippen LogP contribution in [-0.4, -0.2) is 40.8 Å². The minimum atomic E-state index is -0.493. The predicted molar refractivity (Wildman–Crippen MR) is 126 cm³/mol. The summed E-state index contributed by atoms with van der Waals surface area (Å²) >= 11 is 0. The van der Waals surface area contributed by atoms with Gasteiger partial charge in [-0.3, -0.25) is 0 Å². The third-order valence-electron chi connectivity index (χ3n) is 5.09. The lowest BCUT2D eigenvalue weighted by Crippen LogP contribution is -2.55. The number of carbonyl (C=O) groups excluding carboxylic acids is 1. The highest BCUT2D eigenvalue weighted by Gasteiger charge is 2.36. The van der Waals surface area contributed by atoms with Gasteiger partial charge < -0.3 is 14.4 Å². The molecule has 1 unspecified atom stereocenters. The van der Waals surface area contributed by atoms with Crippen molar-refractivity contribution in [3.05, 3.63) is 79.0 Å². The molecule has 2 heterocycles. The quantitative estimate of drug-likeness (QED) is 0.462. The fourth-order valence-corrected chi connectivity index (χ4v) is 5.41. The maximum atomic E-state index is 12.3. The Balaban J connectivity index is 1.43. The highest BCUT2D eigenvalue weighted by Crippen LogP contribution is 2.30. The standard InChI is InChI=1S/C26H29N2O3S/c1-26(2,3)31-25(29)28-17-16-20(28)19-30-21-14-15-24(27-18-21)32(22-10-6-4-7-11-22)23-12-8-5-9-13-23/h4-15,18,20H,16-17,19H2,1-3H3/q+1. The third-order valence-corrected chi connectivity index (χ3v) is 7.24. The van der Waals surface area contributed by atoms with E-state index < -0.39 is 5.60 Å². The van der Waals surface area contributed by atoms with Gasteiger partial charge in [-0.25, -0.2) is 9.78 Å².